The highest BCUT2D eigenvalue weighted by Crippen LogP contribution is 2.41. The molecule has 1 atom stereocenters. The molecule has 0 aliphatic heterocycles. The third-order valence-electron chi connectivity index (χ3n) is 3.49. The van der Waals surface area contributed by atoms with Gasteiger partial charge in [-0.3, -0.25) is 0 Å². The summed E-state index contributed by atoms with van der Waals surface area (Å²) in [5.74, 6) is 0. The molecule has 0 spiro atoms. The summed E-state index contributed by atoms with van der Waals surface area (Å²) in [6.07, 6.45) is 8.07. The SMILES string of the molecule is C=CCOC1(CC=C)CCCc2ccccc21. The first kappa shape index (κ1) is 12.1. The Labute approximate surface area is 104 Å². The van der Waals surface area contributed by atoms with E-state index in [4.69, 9.17) is 4.74 Å². The van der Waals surface area contributed by atoms with E-state index in [1.54, 1.807) is 0 Å². The minimum atomic E-state index is -0.176. The van der Waals surface area contributed by atoms with Crippen molar-refractivity contribution in [3.63, 3.8) is 0 Å². The van der Waals surface area contributed by atoms with Crippen LogP contribution in [-0.2, 0) is 16.8 Å². The second kappa shape index (κ2) is 5.33. The Morgan fingerprint density at radius 3 is 2.82 bits per heavy atom. The van der Waals surface area contributed by atoms with Gasteiger partial charge in [0.05, 0.1) is 12.2 Å². The summed E-state index contributed by atoms with van der Waals surface area (Å²) >= 11 is 0. The number of rotatable bonds is 5. The highest BCUT2D eigenvalue weighted by Gasteiger charge is 2.35. The van der Waals surface area contributed by atoms with E-state index in [-0.39, 0.29) is 5.60 Å². The third-order valence-corrected chi connectivity index (χ3v) is 3.49. The largest absolute Gasteiger partial charge is 0.366 e. The van der Waals surface area contributed by atoms with Crippen molar-refractivity contribution in [1.29, 1.82) is 0 Å². The summed E-state index contributed by atoms with van der Waals surface area (Å²) < 4.78 is 6.10. The standard InChI is InChI=1S/C16H20O/c1-3-11-16(17-13-4-2)12-7-9-14-8-5-6-10-15(14)16/h3-6,8,10H,1-2,7,9,11-13H2. The quantitative estimate of drug-likeness (QED) is 0.692. The highest BCUT2D eigenvalue weighted by molar-refractivity contribution is 5.35. The van der Waals surface area contributed by atoms with Crippen molar-refractivity contribution in [3.8, 4) is 0 Å². The lowest BCUT2D eigenvalue weighted by Crippen LogP contribution is -2.33. The number of benzene rings is 1. The van der Waals surface area contributed by atoms with Gasteiger partial charge in [0, 0.05) is 0 Å². The van der Waals surface area contributed by atoms with Gasteiger partial charge in [0.15, 0.2) is 0 Å². The Kier molecular flexibility index (Phi) is 3.80. The van der Waals surface area contributed by atoms with E-state index in [0.29, 0.717) is 6.61 Å². The lowest BCUT2D eigenvalue weighted by atomic mass is 9.77. The minimum Gasteiger partial charge on any atom is -0.366 e. The summed E-state index contributed by atoms with van der Waals surface area (Å²) in [4.78, 5) is 0. The van der Waals surface area contributed by atoms with Gasteiger partial charge < -0.3 is 4.74 Å². The Bertz CT molecular complexity index is 408. The van der Waals surface area contributed by atoms with Gasteiger partial charge >= 0.3 is 0 Å². The maximum atomic E-state index is 6.10. The molecule has 1 aliphatic carbocycles. The molecule has 0 aromatic heterocycles. The van der Waals surface area contributed by atoms with Crippen LogP contribution in [0.5, 0.6) is 0 Å². The van der Waals surface area contributed by atoms with E-state index < -0.39 is 0 Å². The number of ether oxygens (including phenoxy) is 1. The average Bonchev–Trinajstić information content (AvgIpc) is 2.37. The predicted octanol–water partition coefficient (Wildman–Crippen LogP) is 4.00. The molecule has 1 heteroatoms. The van der Waals surface area contributed by atoms with Crippen molar-refractivity contribution in [3.05, 3.63) is 60.7 Å². The Balaban J connectivity index is 2.38. The smallest absolute Gasteiger partial charge is 0.0972 e. The van der Waals surface area contributed by atoms with Gasteiger partial charge in [-0.2, -0.15) is 0 Å². The second-order valence-electron chi connectivity index (χ2n) is 4.60. The van der Waals surface area contributed by atoms with Gasteiger partial charge in [0.1, 0.15) is 0 Å². The number of hydrogen-bond acceptors (Lipinski definition) is 1. The van der Waals surface area contributed by atoms with Crippen LogP contribution in [0.1, 0.15) is 30.4 Å². The fourth-order valence-corrected chi connectivity index (χ4v) is 2.75. The second-order valence-corrected chi connectivity index (χ2v) is 4.60. The van der Waals surface area contributed by atoms with Gasteiger partial charge in [0.2, 0.25) is 0 Å². The summed E-state index contributed by atoms with van der Waals surface area (Å²) in [7, 11) is 0. The van der Waals surface area contributed by atoms with Crippen molar-refractivity contribution in [2.45, 2.75) is 31.3 Å². The molecule has 1 nitrogen and oxygen atoms in total. The molecular formula is C16H20O. The van der Waals surface area contributed by atoms with E-state index in [9.17, 15) is 0 Å². The molecule has 90 valence electrons. The predicted molar refractivity (Wildman–Crippen MR) is 72.0 cm³/mol. The summed E-state index contributed by atoms with van der Waals surface area (Å²) in [6.45, 7) is 8.22. The van der Waals surface area contributed by atoms with E-state index in [0.717, 1.165) is 19.3 Å². The molecule has 0 radical (unpaired) electrons. The first-order valence-corrected chi connectivity index (χ1v) is 6.26. The molecule has 0 amide bonds. The van der Waals surface area contributed by atoms with Gasteiger partial charge in [-0.25, -0.2) is 0 Å². The zero-order chi connectivity index (χ0) is 12.1. The van der Waals surface area contributed by atoms with E-state index in [1.807, 2.05) is 12.2 Å². The first-order chi connectivity index (χ1) is 8.32. The molecule has 17 heavy (non-hydrogen) atoms. The molecule has 1 aromatic rings. The zero-order valence-electron chi connectivity index (χ0n) is 10.3. The van der Waals surface area contributed by atoms with Gasteiger partial charge in [0.25, 0.3) is 0 Å². The molecule has 2 rings (SSSR count). The van der Waals surface area contributed by atoms with E-state index in [2.05, 4.69) is 37.4 Å². The zero-order valence-corrected chi connectivity index (χ0v) is 10.3. The molecule has 1 unspecified atom stereocenters. The molecule has 0 saturated heterocycles. The maximum absolute atomic E-state index is 6.10. The molecule has 0 heterocycles. The molecule has 0 saturated carbocycles. The van der Waals surface area contributed by atoms with Crippen LogP contribution in [0.2, 0.25) is 0 Å². The van der Waals surface area contributed by atoms with E-state index >= 15 is 0 Å². The topological polar surface area (TPSA) is 9.23 Å². The van der Waals surface area contributed by atoms with Gasteiger partial charge in [-0.05, 0) is 36.8 Å². The molecule has 1 aromatic carbocycles. The summed E-state index contributed by atoms with van der Waals surface area (Å²) in [5.41, 5.74) is 2.59. The lowest BCUT2D eigenvalue weighted by Gasteiger charge is -2.38. The van der Waals surface area contributed by atoms with Crippen LogP contribution in [0.25, 0.3) is 0 Å². The summed E-state index contributed by atoms with van der Waals surface area (Å²) in [6, 6.07) is 8.61. The van der Waals surface area contributed by atoms with Gasteiger partial charge in [-0.15, -0.1) is 13.2 Å². The fraction of sp³-hybridized carbons (Fsp3) is 0.375. The monoisotopic (exact) mass is 228 g/mol. The van der Waals surface area contributed by atoms with Gasteiger partial charge in [-0.1, -0.05) is 36.4 Å². The Morgan fingerprint density at radius 1 is 1.24 bits per heavy atom. The molecule has 0 fully saturated rings. The van der Waals surface area contributed by atoms with Crippen molar-refractivity contribution in [1.82, 2.24) is 0 Å². The number of aryl methyl sites for hydroxylation is 1. The van der Waals surface area contributed by atoms with Crippen molar-refractivity contribution in [2.24, 2.45) is 0 Å². The van der Waals surface area contributed by atoms with Crippen LogP contribution in [0.4, 0.5) is 0 Å². The lowest BCUT2D eigenvalue weighted by molar-refractivity contribution is -0.0468. The van der Waals surface area contributed by atoms with Crippen molar-refractivity contribution in [2.75, 3.05) is 6.61 Å². The van der Waals surface area contributed by atoms with Crippen LogP contribution in [0, 0.1) is 0 Å². The third kappa shape index (κ3) is 2.34. The van der Waals surface area contributed by atoms with Crippen LogP contribution >= 0.6 is 0 Å². The molecule has 0 bridgehead atoms. The normalized spacial score (nSPS) is 22.8. The Morgan fingerprint density at radius 2 is 2.06 bits per heavy atom. The molecule has 1 aliphatic rings. The molecular weight excluding hydrogens is 208 g/mol. The van der Waals surface area contributed by atoms with Crippen LogP contribution in [0.15, 0.2) is 49.6 Å². The van der Waals surface area contributed by atoms with Crippen molar-refractivity contribution < 1.29 is 4.74 Å². The summed E-state index contributed by atoms with van der Waals surface area (Å²) in [5, 5.41) is 0. The maximum Gasteiger partial charge on any atom is 0.0972 e. The number of fused-ring (bicyclic) bond motifs is 1. The fourth-order valence-electron chi connectivity index (χ4n) is 2.75. The Hall–Kier alpha value is -1.34. The average molecular weight is 228 g/mol. The van der Waals surface area contributed by atoms with E-state index in [1.165, 1.54) is 17.5 Å². The minimum absolute atomic E-state index is 0.176. The first-order valence-electron chi connectivity index (χ1n) is 6.26. The van der Waals surface area contributed by atoms with Crippen LogP contribution < -0.4 is 0 Å². The van der Waals surface area contributed by atoms with Crippen LogP contribution in [-0.4, -0.2) is 6.61 Å². The highest BCUT2D eigenvalue weighted by atomic mass is 16.5. The van der Waals surface area contributed by atoms with Crippen molar-refractivity contribution >= 4 is 0 Å². The van der Waals surface area contributed by atoms with Crippen LogP contribution in [0.3, 0.4) is 0 Å². The number of hydrogen-bond donors (Lipinski definition) is 0. The molecule has 0 N–H and O–H groups in total.